The average molecular weight is 396 g/mol. The lowest BCUT2D eigenvalue weighted by atomic mass is 9.86. The molecule has 3 N–H and O–H groups in total. The van der Waals surface area contributed by atoms with Crippen molar-refractivity contribution in [1.82, 2.24) is 0 Å². The Bertz CT molecular complexity index is 1130. The third kappa shape index (κ3) is 4.18. The Balaban J connectivity index is 2.30. The number of phenols is 1. The van der Waals surface area contributed by atoms with E-state index >= 15 is 0 Å². The quantitative estimate of drug-likeness (QED) is 0.698. The number of nitrogens with two attached hydrogens (primary N) is 1. The Labute approximate surface area is 168 Å². The molecule has 7 heteroatoms. The normalized spacial score (nSPS) is 12.2. The van der Waals surface area contributed by atoms with Gasteiger partial charge in [-0.25, -0.2) is 4.99 Å². The molecular weight excluding hydrogens is 372 g/mol. The summed E-state index contributed by atoms with van der Waals surface area (Å²) in [4.78, 5) is 16.5. The van der Waals surface area contributed by atoms with Gasteiger partial charge in [0.2, 0.25) is 5.55 Å². The van der Waals surface area contributed by atoms with Crippen LogP contribution in [0.25, 0.3) is 11.0 Å². The lowest BCUT2D eigenvalue weighted by Crippen LogP contribution is -2.22. The van der Waals surface area contributed by atoms with Gasteiger partial charge in [-0.1, -0.05) is 20.8 Å². The highest BCUT2D eigenvalue weighted by molar-refractivity contribution is 5.96. The molecule has 0 saturated carbocycles. The summed E-state index contributed by atoms with van der Waals surface area (Å²) >= 11 is 0. The molecule has 1 aromatic heterocycles. The predicted octanol–water partition coefficient (Wildman–Crippen LogP) is 3.78. The first-order valence-electron chi connectivity index (χ1n) is 9.01. The molecule has 0 unspecified atom stereocenters. The largest absolute Gasteiger partial charge is 0.504 e. The molecule has 1 heterocycles. The maximum Gasteiger partial charge on any atom is 0.254 e. The maximum atomic E-state index is 12.1. The van der Waals surface area contributed by atoms with Gasteiger partial charge in [0.1, 0.15) is 17.1 Å². The van der Waals surface area contributed by atoms with Crippen LogP contribution < -0.4 is 20.8 Å². The number of hydrogen-bond donors (Lipinski definition) is 2. The van der Waals surface area contributed by atoms with Crippen LogP contribution in [0.2, 0.25) is 0 Å². The monoisotopic (exact) mass is 396 g/mol. The minimum absolute atomic E-state index is 0.0147. The van der Waals surface area contributed by atoms with Gasteiger partial charge in [0, 0.05) is 23.6 Å². The van der Waals surface area contributed by atoms with E-state index in [0.717, 1.165) is 5.56 Å². The lowest BCUT2D eigenvalue weighted by Gasteiger charge is -2.20. The number of primary amides is 1. The van der Waals surface area contributed by atoms with E-state index in [1.54, 1.807) is 30.3 Å². The van der Waals surface area contributed by atoms with Crippen LogP contribution >= 0.6 is 0 Å². The summed E-state index contributed by atoms with van der Waals surface area (Å²) in [5, 5.41) is 11.1. The van der Waals surface area contributed by atoms with Crippen molar-refractivity contribution >= 4 is 22.6 Å². The summed E-state index contributed by atoms with van der Waals surface area (Å²) in [7, 11) is 3.05. The van der Waals surface area contributed by atoms with Crippen molar-refractivity contribution in [1.29, 1.82) is 0 Å². The number of rotatable bonds is 4. The molecule has 7 nitrogen and oxygen atoms in total. The van der Waals surface area contributed by atoms with Crippen LogP contribution in [0.5, 0.6) is 17.2 Å². The SMILES string of the molecule is COc1cc(N=c2oc3c(O)cc(C(C)(C)C)cc3cc2C(N)=O)cc(OC)c1. The molecule has 152 valence electrons. The fourth-order valence-electron chi connectivity index (χ4n) is 2.89. The predicted molar refractivity (Wildman–Crippen MR) is 110 cm³/mol. The first-order chi connectivity index (χ1) is 13.6. The van der Waals surface area contributed by atoms with Crippen LogP contribution in [0.3, 0.4) is 0 Å². The van der Waals surface area contributed by atoms with E-state index in [9.17, 15) is 9.90 Å². The van der Waals surface area contributed by atoms with E-state index in [4.69, 9.17) is 19.6 Å². The third-order valence-corrected chi connectivity index (χ3v) is 4.53. The van der Waals surface area contributed by atoms with Crippen molar-refractivity contribution in [2.45, 2.75) is 26.2 Å². The number of methoxy groups -OCH3 is 2. The Morgan fingerprint density at radius 3 is 2.17 bits per heavy atom. The van der Waals surface area contributed by atoms with Gasteiger partial charge >= 0.3 is 0 Å². The number of phenolic OH excluding ortho intramolecular Hbond substituents is 1. The summed E-state index contributed by atoms with van der Waals surface area (Å²) in [6.07, 6.45) is 0. The minimum Gasteiger partial charge on any atom is -0.504 e. The van der Waals surface area contributed by atoms with Crippen molar-refractivity contribution in [3.63, 3.8) is 0 Å². The smallest absolute Gasteiger partial charge is 0.254 e. The Hall–Kier alpha value is -3.48. The molecule has 3 rings (SSSR count). The van der Waals surface area contributed by atoms with Crippen LogP contribution in [0.15, 0.2) is 45.8 Å². The van der Waals surface area contributed by atoms with E-state index in [-0.39, 0.29) is 27.9 Å². The van der Waals surface area contributed by atoms with E-state index in [1.807, 2.05) is 26.8 Å². The van der Waals surface area contributed by atoms with E-state index in [1.165, 1.54) is 14.2 Å². The standard InChI is InChI=1S/C22H24N2O5/c1-22(2,3)13-6-12-7-17(20(23)26)21(29-19(12)18(25)8-13)24-14-9-15(27-4)11-16(10-14)28-5/h6-11,25H,1-5H3,(H2,23,26). The van der Waals surface area contributed by atoms with Crippen LogP contribution in [0.4, 0.5) is 5.69 Å². The highest BCUT2D eigenvalue weighted by Gasteiger charge is 2.19. The molecule has 0 aliphatic carbocycles. The van der Waals surface area contributed by atoms with E-state index in [2.05, 4.69) is 4.99 Å². The second-order valence-electron chi connectivity index (χ2n) is 7.68. The molecule has 0 bridgehead atoms. The van der Waals surface area contributed by atoms with Gasteiger partial charge in [0.15, 0.2) is 11.3 Å². The first kappa shape index (κ1) is 20.3. The fourth-order valence-corrected chi connectivity index (χ4v) is 2.89. The van der Waals surface area contributed by atoms with Gasteiger partial charge in [-0.2, -0.15) is 0 Å². The highest BCUT2D eigenvalue weighted by atomic mass is 16.5. The number of amides is 1. The summed E-state index contributed by atoms with van der Waals surface area (Å²) in [5.41, 5.74) is 7.01. The molecule has 1 amide bonds. The van der Waals surface area contributed by atoms with Crippen molar-refractivity contribution < 1.29 is 23.8 Å². The number of ether oxygens (including phenoxy) is 2. The molecule has 0 atom stereocenters. The van der Waals surface area contributed by atoms with E-state index < -0.39 is 5.91 Å². The van der Waals surface area contributed by atoms with Crippen molar-refractivity contribution in [3.05, 3.63) is 53.1 Å². The second-order valence-corrected chi connectivity index (χ2v) is 7.68. The number of nitrogens with zero attached hydrogens (tertiary/aromatic N) is 1. The molecular formula is C22H24N2O5. The molecule has 0 aliphatic rings. The topological polar surface area (TPSA) is 107 Å². The van der Waals surface area contributed by atoms with Crippen molar-refractivity contribution in [2.75, 3.05) is 14.2 Å². The van der Waals surface area contributed by atoms with Crippen LogP contribution in [-0.2, 0) is 5.41 Å². The zero-order valence-corrected chi connectivity index (χ0v) is 17.1. The van der Waals surface area contributed by atoms with Crippen LogP contribution in [0.1, 0.15) is 36.7 Å². The summed E-state index contributed by atoms with van der Waals surface area (Å²) in [6, 6.07) is 10.1. The molecule has 0 saturated heterocycles. The Morgan fingerprint density at radius 2 is 1.66 bits per heavy atom. The van der Waals surface area contributed by atoms with Crippen molar-refractivity contribution in [3.8, 4) is 17.2 Å². The minimum atomic E-state index is -0.690. The number of carbonyl (C=O) groups excluding carboxylic acids is 1. The van der Waals surface area contributed by atoms with Gasteiger partial charge in [-0.15, -0.1) is 0 Å². The first-order valence-corrected chi connectivity index (χ1v) is 9.01. The zero-order valence-electron chi connectivity index (χ0n) is 17.1. The third-order valence-electron chi connectivity index (χ3n) is 4.53. The van der Waals surface area contributed by atoms with Gasteiger partial charge < -0.3 is 24.7 Å². The Kier molecular flexibility index (Phi) is 5.24. The fraction of sp³-hybridized carbons (Fsp3) is 0.273. The maximum absolute atomic E-state index is 12.1. The number of hydrogen-bond acceptors (Lipinski definition) is 6. The van der Waals surface area contributed by atoms with Crippen LogP contribution in [-0.4, -0.2) is 25.2 Å². The number of fused-ring (bicyclic) bond motifs is 1. The average Bonchev–Trinajstić information content (AvgIpc) is 2.66. The Morgan fingerprint density at radius 1 is 1.03 bits per heavy atom. The number of benzene rings is 2. The molecule has 0 radical (unpaired) electrons. The molecule has 0 spiro atoms. The number of carbonyl (C=O) groups is 1. The van der Waals surface area contributed by atoms with Gasteiger partial charge in [-0.3, -0.25) is 4.79 Å². The zero-order chi connectivity index (χ0) is 21.3. The van der Waals surface area contributed by atoms with Crippen molar-refractivity contribution in [2.24, 2.45) is 10.7 Å². The van der Waals surface area contributed by atoms with Gasteiger partial charge in [-0.05, 0) is 29.2 Å². The lowest BCUT2D eigenvalue weighted by molar-refractivity contribution is 0.0996. The summed E-state index contributed by atoms with van der Waals surface area (Å²) in [5.74, 6) is 0.331. The molecule has 3 aromatic rings. The molecule has 0 fully saturated rings. The number of aromatic hydroxyl groups is 1. The van der Waals surface area contributed by atoms with Gasteiger partial charge in [0.05, 0.1) is 19.9 Å². The molecule has 0 aliphatic heterocycles. The second kappa shape index (κ2) is 7.50. The summed E-state index contributed by atoms with van der Waals surface area (Å²) in [6.45, 7) is 6.08. The highest BCUT2D eigenvalue weighted by Crippen LogP contribution is 2.33. The summed E-state index contributed by atoms with van der Waals surface area (Å²) < 4.78 is 16.3. The van der Waals surface area contributed by atoms with E-state index in [0.29, 0.717) is 22.6 Å². The van der Waals surface area contributed by atoms with Crippen LogP contribution in [0, 0.1) is 0 Å². The molecule has 2 aromatic carbocycles. The van der Waals surface area contributed by atoms with Gasteiger partial charge in [0.25, 0.3) is 5.91 Å². The molecule has 29 heavy (non-hydrogen) atoms.